The minimum atomic E-state index is -0.294. The van der Waals surface area contributed by atoms with Crippen molar-refractivity contribution in [2.24, 2.45) is 0 Å². The van der Waals surface area contributed by atoms with Crippen LogP contribution in [-0.2, 0) is 11.2 Å². The van der Waals surface area contributed by atoms with Crippen molar-refractivity contribution >= 4 is 22.7 Å². The normalized spacial score (nSPS) is 18.4. The van der Waals surface area contributed by atoms with Crippen molar-refractivity contribution in [3.63, 3.8) is 0 Å². The summed E-state index contributed by atoms with van der Waals surface area (Å²) >= 11 is 0. The summed E-state index contributed by atoms with van der Waals surface area (Å²) in [5.41, 5.74) is 2.51. The maximum Gasteiger partial charge on any atom is 0.339 e. The third-order valence-corrected chi connectivity index (χ3v) is 6.27. The maximum atomic E-state index is 12.6. The number of anilines is 1. The number of urea groups is 1. The van der Waals surface area contributed by atoms with Crippen LogP contribution in [0.1, 0.15) is 43.2 Å². The number of fused-ring (bicyclic) bond motifs is 1. The fraction of sp³-hybridized carbons (Fsp3) is 0.565. The van der Waals surface area contributed by atoms with Gasteiger partial charge in [-0.2, -0.15) is 0 Å². The molecule has 0 radical (unpaired) electrons. The zero-order chi connectivity index (χ0) is 20.9. The number of benzene rings is 1. The summed E-state index contributed by atoms with van der Waals surface area (Å²) in [7, 11) is 0. The summed E-state index contributed by atoms with van der Waals surface area (Å²) < 4.78 is 11.0. The lowest BCUT2D eigenvalue weighted by molar-refractivity contribution is 0.0383. The molecule has 1 aromatic carbocycles. The highest BCUT2D eigenvalue weighted by atomic mass is 16.5. The molecule has 2 fully saturated rings. The highest BCUT2D eigenvalue weighted by Crippen LogP contribution is 2.24. The van der Waals surface area contributed by atoms with Crippen LogP contribution < -0.4 is 16.3 Å². The largest absolute Gasteiger partial charge is 0.422 e. The van der Waals surface area contributed by atoms with Crippen LogP contribution in [0.2, 0.25) is 0 Å². The molecule has 1 saturated carbocycles. The van der Waals surface area contributed by atoms with E-state index in [1.807, 2.05) is 19.1 Å². The zero-order valence-electron chi connectivity index (χ0n) is 17.7. The Hall–Kier alpha value is -2.38. The molecule has 2 amide bonds. The van der Waals surface area contributed by atoms with Crippen LogP contribution in [0.15, 0.2) is 27.4 Å². The molecule has 2 aliphatic rings. The van der Waals surface area contributed by atoms with E-state index in [2.05, 4.69) is 15.5 Å². The lowest BCUT2D eigenvalue weighted by Gasteiger charge is -2.26. The lowest BCUT2D eigenvalue weighted by atomic mass is 9.96. The number of morpholine rings is 1. The van der Waals surface area contributed by atoms with Gasteiger partial charge in [-0.05, 0) is 43.9 Å². The first-order chi connectivity index (χ1) is 14.6. The van der Waals surface area contributed by atoms with Gasteiger partial charge in [-0.1, -0.05) is 19.3 Å². The second kappa shape index (κ2) is 9.62. The number of rotatable bonds is 5. The second-order valence-corrected chi connectivity index (χ2v) is 8.34. The van der Waals surface area contributed by atoms with Crippen LogP contribution in [0.25, 0.3) is 11.0 Å². The number of ether oxygens (including phenoxy) is 1. The van der Waals surface area contributed by atoms with E-state index in [9.17, 15) is 9.59 Å². The summed E-state index contributed by atoms with van der Waals surface area (Å²) in [6.45, 7) is 6.08. The van der Waals surface area contributed by atoms with Gasteiger partial charge in [0.05, 0.1) is 13.2 Å². The Kier molecular flexibility index (Phi) is 6.69. The number of carbonyl (C=O) groups is 1. The lowest BCUT2D eigenvalue weighted by Crippen LogP contribution is -2.39. The van der Waals surface area contributed by atoms with Crippen LogP contribution in [0.4, 0.5) is 10.5 Å². The van der Waals surface area contributed by atoms with Crippen molar-refractivity contribution < 1.29 is 13.9 Å². The second-order valence-electron chi connectivity index (χ2n) is 8.34. The van der Waals surface area contributed by atoms with E-state index < -0.39 is 0 Å². The molecule has 1 aromatic heterocycles. The van der Waals surface area contributed by atoms with Gasteiger partial charge in [-0.3, -0.25) is 4.90 Å². The first-order valence-electron chi connectivity index (χ1n) is 11.0. The highest BCUT2D eigenvalue weighted by Gasteiger charge is 2.17. The van der Waals surface area contributed by atoms with Crippen LogP contribution in [-0.4, -0.2) is 49.8 Å². The molecule has 2 heterocycles. The Bertz CT molecular complexity index is 943. The molecule has 1 aliphatic carbocycles. The minimum Gasteiger partial charge on any atom is -0.422 e. The van der Waals surface area contributed by atoms with E-state index >= 15 is 0 Å². The molecule has 0 bridgehead atoms. The van der Waals surface area contributed by atoms with E-state index in [-0.39, 0.29) is 17.7 Å². The van der Waals surface area contributed by atoms with Crippen molar-refractivity contribution in [1.29, 1.82) is 0 Å². The van der Waals surface area contributed by atoms with Crippen LogP contribution >= 0.6 is 0 Å². The molecule has 7 nitrogen and oxygen atoms in total. The van der Waals surface area contributed by atoms with Crippen LogP contribution in [0.5, 0.6) is 0 Å². The third kappa shape index (κ3) is 5.02. The molecule has 1 saturated heterocycles. The van der Waals surface area contributed by atoms with Gasteiger partial charge in [-0.25, -0.2) is 9.59 Å². The summed E-state index contributed by atoms with van der Waals surface area (Å²) in [5.74, 6) is 0. The van der Waals surface area contributed by atoms with Gasteiger partial charge < -0.3 is 19.8 Å². The van der Waals surface area contributed by atoms with Gasteiger partial charge >= 0.3 is 11.7 Å². The highest BCUT2D eigenvalue weighted by molar-refractivity contribution is 5.92. The van der Waals surface area contributed by atoms with Gasteiger partial charge in [0.25, 0.3) is 0 Å². The van der Waals surface area contributed by atoms with Gasteiger partial charge in [-0.15, -0.1) is 0 Å². The van der Waals surface area contributed by atoms with Gasteiger partial charge in [0.15, 0.2) is 0 Å². The van der Waals surface area contributed by atoms with Crippen molar-refractivity contribution in [3.8, 4) is 0 Å². The molecule has 30 heavy (non-hydrogen) atoms. The van der Waals surface area contributed by atoms with Crippen molar-refractivity contribution in [2.75, 3.05) is 38.2 Å². The third-order valence-electron chi connectivity index (χ3n) is 6.27. The van der Waals surface area contributed by atoms with Crippen molar-refractivity contribution in [1.82, 2.24) is 10.2 Å². The number of aryl methyl sites for hydroxylation is 1. The molecule has 0 atom stereocenters. The van der Waals surface area contributed by atoms with Gasteiger partial charge in [0.2, 0.25) is 0 Å². The minimum absolute atomic E-state index is 0.206. The van der Waals surface area contributed by atoms with Crippen LogP contribution in [0.3, 0.4) is 0 Å². The molecule has 2 aromatic rings. The Labute approximate surface area is 176 Å². The Morgan fingerprint density at radius 2 is 1.93 bits per heavy atom. The van der Waals surface area contributed by atoms with Gasteiger partial charge in [0.1, 0.15) is 5.58 Å². The predicted octanol–water partition coefficient (Wildman–Crippen LogP) is 3.43. The Balaban J connectivity index is 1.45. The summed E-state index contributed by atoms with van der Waals surface area (Å²) in [6, 6.07) is 5.55. The number of amides is 2. The fourth-order valence-electron chi connectivity index (χ4n) is 4.46. The molecule has 0 unspecified atom stereocenters. The van der Waals surface area contributed by atoms with Crippen molar-refractivity contribution in [3.05, 3.63) is 39.7 Å². The monoisotopic (exact) mass is 413 g/mol. The van der Waals surface area contributed by atoms with E-state index in [1.165, 1.54) is 19.3 Å². The smallest absolute Gasteiger partial charge is 0.339 e. The number of nitrogens with zero attached hydrogens (tertiary/aromatic N) is 1. The standard InChI is InChI=1S/C23H31N3O4/c1-16-19-8-7-18(25-23(28)24-17-5-3-2-4-6-17)15-21(19)30-22(27)20(16)9-10-26-11-13-29-14-12-26/h7-8,15,17H,2-6,9-14H2,1H3,(H2,24,25,28). The predicted molar refractivity (Wildman–Crippen MR) is 117 cm³/mol. The summed E-state index contributed by atoms with van der Waals surface area (Å²) in [5, 5.41) is 6.82. The van der Waals surface area contributed by atoms with Gasteiger partial charge in [0, 0.05) is 48.4 Å². The number of nitrogens with one attached hydrogen (secondary N) is 2. The average Bonchev–Trinajstić information content (AvgIpc) is 2.75. The van der Waals surface area contributed by atoms with E-state index in [4.69, 9.17) is 9.15 Å². The Morgan fingerprint density at radius 3 is 2.70 bits per heavy atom. The molecular weight excluding hydrogens is 382 g/mol. The first kappa shape index (κ1) is 20.9. The zero-order valence-corrected chi connectivity index (χ0v) is 17.7. The molecule has 4 rings (SSSR count). The van der Waals surface area contributed by atoms with Crippen LogP contribution in [0, 0.1) is 6.92 Å². The first-order valence-corrected chi connectivity index (χ1v) is 11.0. The number of hydrogen-bond donors (Lipinski definition) is 2. The summed E-state index contributed by atoms with van der Waals surface area (Å²) in [4.78, 5) is 27.2. The maximum absolute atomic E-state index is 12.6. The molecular formula is C23H31N3O4. The molecule has 7 heteroatoms. The SMILES string of the molecule is Cc1c(CCN2CCOCC2)c(=O)oc2cc(NC(=O)NC3CCCCC3)ccc12. The van der Waals surface area contributed by atoms with E-state index in [1.54, 1.807) is 6.07 Å². The van der Waals surface area contributed by atoms with E-state index in [0.29, 0.717) is 17.7 Å². The summed E-state index contributed by atoms with van der Waals surface area (Å²) in [6.07, 6.45) is 6.31. The molecule has 0 spiro atoms. The van der Waals surface area contributed by atoms with E-state index in [0.717, 1.165) is 62.2 Å². The topological polar surface area (TPSA) is 83.8 Å². The van der Waals surface area contributed by atoms with Crippen molar-refractivity contribution in [2.45, 2.75) is 51.5 Å². The number of hydrogen-bond acceptors (Lipinski definition) is 5. The average molecular weight is 414 g/mol. The molecule has 1 aliphatic heterocycles. The molecule has 162 valence electrons. The number of carbonyl (C=O) groups excluding carboxylic acids is 1. The quantitative estimate of drug-likeness (QED) is 0.734. The fourth-order valence-corrected chi connectivity index (χ4v) is 4.46. The molecule has 2 N–H and O–H groups in total. The Morgan fingerprint density at radius 1 is 1.17 bits per heavy atom.